The van der Waals surface area contributed by atoms with Crippen molar-refractivity contribution in [3.05, 3.63) is 34.9 Å². The van der Waals surface area contributed by atoms with Crippen molar-refractivity contribution < 1.29 is 9.53 Å². The van der Waals surface area contributed by atoms with Crippen molar-refractivity contribution in [1.29, 1.82) is 0 Å². The molecule has 2 aliphatic heterocycles. The highest BCUT2D eigenvalue weighted by Gasteiger charge is 2.41. The van der Waals surface area contributed by atoms with Crippen LogP contribution in [0, 0.1) is 0 Å². The molecule has 1 aromatic carbocycles. The van der Waals surface area contributed by atoms with E-state index in [1.807, 2.05) is 12.1 Å². The van der Waals surface area contributed by atoms with Gasteiger partial charge < -0.3 is 21.1 Å². The minimum absolute atomic E-state index is 0.00410. The quantitative estimate of drug-likeness (QED) is 0.750. The molecule has 0 spiro atoms. The number of ether oxygens (including phenoxy) is 1. The number of aromatic nitrogens is 2. The Bertz CT molecular complexity index is 842. The Kier molecular flexibility index (Phi) is 4.74. The average Bonchev–Trinajstić information content (AvgIpc) is 2.98. The number of anilines is 1. The molecule has 7 nitrogen and oxygen atoms in total. The molecular formula is C17H18ClN5O2S. The van der Waals surface area contributed by atoms with E-state index in [4.69, 9.17) is 27.8 Å². The molecule has 1 aromatic heterocycles. The van der Waals surface area contributed by atoms with E-state index in [0.717, 1.165) is 11.1 Å². The number of hydrogen-bond acceptors (Lipinski definition) is 7. The maximum atomic E-state index is 12.9. The van der Waals surface area contributed by atoms with Crippen LogP contribution in [0.3, 0.4) is 0 Å². The van der Waals surface area contributed by atoms with Crippen molar-refractivity contribution in [1.82, 2.24) is 14.9 Å². The standard InChI is InChI=1S/C17H18ClN5O2S/c18-10-3-1-9(2-4-10)13-11-12(19)14(26-15(11)22-17(20)21-13)16(24)23-5-7-25-8-6-23/h1-4,12,14H,5-8,19H2,(H2,20,21,22). The lowest BCUT2D eigenvalue weighted by atomic mass is 9.99. The molecule has 0 radical (unpaired) electrons. The molecule has 2 aliphatic rings. The summed E-state index contributed by atoms with van der Waals surface area (Å²) in [5.74, 6) is 0.164. The van der Waals surface area contributed by atoms with Crippen LogP contribution in [-0.4, -0.2) is 52.3 Å². The van der Waals surface area contributed by atoms with E-state index < -0.39 is 11.3 Å². The molecule has 1 saturated heterocycles. The normalized spacial score (nSPS) is 22.3. The molecule has 3 heterocycles. The van der Waals surface area contributed by atoms with E-state index in [-0.39, 0.29) is 11.9 Å². The number of nitrogens with two attached hydrogens (primary N) is 2. The lowest BCUT2D eigenvalue weighted by Crippen LogP contribution is -2.46. The predicted molar refractivity (Wildman–Crippen MR) is 101 cm³/mol. The molecule has 2 aromatic rings. The van der Waals surface area contributed by atoms with Crippen LogP contribution in [0.15, 0.2) is 29.3 Å². The number of amides is 1. The van der Waals surface area contributed by atoms with Gasteiger partial charge in [0.1, 0.15) is 10.3 Å². The van der Waals surface area contributed by atoms with Crippen LogP contribution in [0.4, 0.5) is 5.95 Å². The Morgan fingerprint density at radius 3 is 2.62 bits per heavy atom. The largest absolute Gasteiger partial charge is 0.378 e. The summed E-state index contributed by atoms with van der Waals surface area (Å²) in [4.78, 5) is 23.4. The number of benzene rings is 1. The van der Waals surface area contributed by atoms with Crippen molar-refractivity contribution in [3.8, 4) is 11.3 Å². The molecule has 0 bridgehead atoms. The molecular weight excluding hydrogens is 374 g/mol. The van der Waals surface area contributed by atoms with Gasteiger partial charge in [-0.15, -0.1) is 0 Å². The number of halogens is 1. The molecule has 1 amide bonds. The first-order valence-electron chi connectivity index (χ1n) is 8.26. The molecule has 4 N–H and O–H groups in total. The third-order valence-corrected chi connectivity index (χ3v) is 6.05. The Morgan fingerprint density at radius 2 is 1.92 bits per heavy atom. The van der Waals surface area contributed by atoms with Gasteiger partial charge >= 0.3 is 0 Å². The maximum Gasteiger partial charge on any atom is 0.238 e. The molecule has 26 heavy (non-hydrogen) atoms. The molecule has 0 aliphatic carbocycles. The van der Waals surface area contributed by atoms with E-state index in [9.17, 15) is 4.79 Å². The Morgan fingerprint density at radius 1 is 1.23 bits per heavy atom. The fourth-order valence-corrected chi connectivity index (χ4v) is 4.60. The second-order valence-corrected chi connectivity index (χ2v) is 7.72. The van der Waals surface area contributed by atoms with Crippen LogP contribution >= 0.6 is 23.4 Å². The number of thioether (sulfide) groups is 1. The Labute approximate surface area is 160 Å². The number of morpholine rings is 1. The summed E-state index contributed by atoms with van der Waals surface area (Å²) in [5, 5.41) is 0.860. The summed E-state index contributed by atoms with van der Waals surface area (Å²) in [6.45, 7) is 2.26. The summed E-state index contributed by atoms with van der Waals surface area (Å²) in [5.41, 5.74) is 14.6. The lowest BCUT2D eigenvalue weighted by Gasteiger charge is -2.30. The van der Waals surface area contributed by atoms with Gasteiger partial charge in [-0.2, -0.15) is 0 Å². The van der Waals surface area contributed by atoms with Crippen LogP contribution in [0.25, 0.3) is 11.3 Å². The fraction of sp³-hybridized carbons (Fsp3) is 0.353. The van der Waals surface area contributed by atoms with Gasteiger partial charge in [-0.05, 0) is 12.1 Å². The number of nitrogen functional groups attached to an aromatic ring is 1. The monoisotopic (exact) mass is 391 g/mol. The molecule has 1 fully saturated rings. The highest BCUT2D eigenvalue weighted by atomic mass is 35.5. The summed E-state index contributed by atoms with van der Waals surface area (Å²) in [6.07, 6.45) is 0. The first kappa shape index (κ1) is 17.5. The van der Waals surface area contributed by atoms with E-state index >= 15 is 0 Å². The highest BCUT2D eigenvalue weighted by Crippen LogP contribution is 2.46. The summed E-state index contributed by atoms with van der Waals surface area (Å²) < 4.78 is 5.32. The van der Waals surface area contributed by atoms with Crippen LogP contribution < -0.4 is 11.5 Å². The third kappa shape index (κ3) is 3.14. The van der Waals surface area contributed by atoms with Gasteiger partial charge in [0.25, 0.3) is 0 Å². The Hall–Kier alpha value is -1.87. The third-order valence-electron chi connectivity index (χ3n) is 4.51. The average molecular weight is 392 g/mol. The van der Waals surface area contributed by atoms with Gasteiger partial charge in [-0.3, -0.25) is 4.79 Å². The minimum atomic E-state index is -0.503. The zero-order valence-electron chi connectivity index (χ0n) is 13.9. The van der Waals surface area contributed by atoms with Gasteiger partial charge in [-0.25, -0.2) is 9.97 Å². The van der Waals surface area contributed by atoms with Crippen molar-refractivity contribution in [2.75, 3.05) is 32.0 Å². The number of hydrogen-bond donors (Lipinski definition) is 2. The molecule has 2 atom stereocenters. The topological polar surface area (TPSA) is 107 Å². The van der Waals surface area contributed by atoms with Crippen LogP contribution in [0.5, 0.6) is 0 Å². The number of fused-ring (bicyclic) bond motifs is 1. The molecule has 9 heteroatoms. The zero-order valence-corrected chi connectivity index (χ0v) is 15.5. The second kappa shape index (κ2) is 7.03. The first-order chi connectivity index (χ1) is 12.5. The number of carbonyl (C=O) groups excluding carboxylic acids is 1. The lowest BCUT2D eigenvalue weighted by molar-refractivity contribution is -0.134. The molecule has 4 rings (SSSR count). The van der Waals surface area contributed by atoms with Crippen molar-refractivity contribution in [2.45, 2.75) is 16.3 Å². The maximum absolute atomic E-state index is 12.9. The SMILES string of the molecule is Nc1nc2c(c(-c3ccc(Cl)cc3)n1)C(N)C(C(=O)N1CCOCC1)S2. The van der Waals surface area contributed by atoms with Gasteiger partial charge in [0.2, 0.25) is 11.9 Å². The predicted octanol–water partition coefficient (Wildman–Crippen LogP) is 1.71. The van der Waals surface area contributed by atoms with Crippen molar-refractivity contribution in [3.63, 3.8) is 0 Å². The molecule has 2 unspecified atom stereocenters. The Balaban J connectivity index is 1.69. The second-order valence-electron chi connectivity index (χ2n) is 6.16. The van der Waals surface area contributed by atoms with E-state index in [1.165, 1.54) is 11.8 Å². The summed E-state index contributed by atoms with van der Waals surface area (Å²) in [6, 6.07) is 6.78. The van der Waals surface area contributed by atoms with E-state index in [1.54, 1.807) is 17.0 Å². The van der Waals surface area contributed by atoms with Crippen LogP contribution in [-0.2, 0) is 9.53 Å². The first-order valence-corrected chi connectivity index (χ1v) is 9.52. The van der Waals surface area contributed by atoms with Crippen LogP contribution in [0.2, 0.25) is 5.02 Å². The van der Waals surface area contributed by atoms with E-state index in [0.29, 0.717) is 42.0 Å². The van der Waals surface area contributed by atoms with E-state index in [2.05, 4.69) is 9.97 Å². The van der Waals surface area contributed by atoms with Gasteiger partial charge in [0.05, 0.1) is 24.9 Å². The van der Waals surface area contributed by atoms with Crippen molar-refractivity contribution >= 4 is 35.2 Å². The molecule has 136 valence electrons. The molecule has 0 saturated carbocycles. The highest BCUT2D eigenvalue weighted by molar-refractivity contribution is 8.01. The smallest absolute Gasteiger partial charge is 0.238 e. The number of carbonyl (C=O) groups is 1. The zero-order chi connectivity index (χ0) is 18.3. The summed E-state index contributed by atoms with van der Waals surface area (Å²) >= 11 is 7.34. The number of rotatable bonds is 2. The van der Waals surface area contributed by atoms with Gasteiger partial charge in [0, 0.05) is 29.2 Å². The fourth-order valence-electron chi connectivity index (χ4n) is 3.20. The van der Waals surface area contributed by atoms with Crippen LogP contribution in [0.1, 0.15) is 11.6 Å². The van der Waals surface area contributed by atoms with Gasteiger partial charge in [0.15, 0.2) is 0 Å². The summed E-state index contributed by atoms with van der Waals surface area (Å²) in [7, 11) is 0. The van der Waals surface area contributed by atoms with Gasteiger partial charge in [-0.1, -0.05) is 35.5 Å². The minimum Gasteiger partial charge on any atom is -0.378 e. The number of nitrogens with zero attached hydrogens (tertiary/aromatic N) is 3. The van der Waals surface area contributed by atoms with Crippen molar-refractivity contribution in [2.24, 2.45) is 5.73 Å².